The van der Waals surface area contributed by atoms with Gasteiger partial charge < -0.3 is 20.3 Å². The predicted octanol–water partition coefficient (Wildman–Crippen LogP) is 0.552. The van der Waals surface area contributed by atoms with Crippen LogP contribution in [0.2, 0.25) is 0 Å². The van der Waals surface area contributed by atoms with E-state index in [1.807, 2.05) is 24.3 Å². The van der Waals surface area contributed by atoms with Crippen LogP contribution in [0.25, 0.3) is 0 Å². The van der Waals surface area contributed by atoms with E-state index in [9.17, 15) is 9.90 Å². The Balaban J connectivity index is 2.15. The first-order valence-electron chi connectivity index (χ1n) is 6.32. The zero-order chi connectivity index (χ0) is 13.8. The second-order valence-electron chi connectivity index (χ2n) is 4.73. The summed E-state index contributed by atoms with van der Waals surface area (Å²) < 4.78 is 10.2. The summed E-state index contributed by atoms with van der Waals surface area (Å²) in [5.74, 6) is -0.293. The minimum atomic E-state index is -0.720. The lowest BCUT2D eigenvalue weighted by Gasteiger charge is -2.33. The number of carbonyl (C=O) groups excluding carboxylic acids is 1. The number of hydrogen-bond donors (Lipinski definition) is 2. The first-order valence-corrected chi connectivity index (χ1v) is 6.32. The number of rotatable bonds is 3. The summed E-state index contributed by atoms with van der Waals surface area (Å²) in [6.07, 6.45) is -0.290. The summed E-state index contributed by atoms with van der Waals surface area (Å²) in [6.45, 7) is 0.532. The molecule has 0 spiro atoms. The zero-order valence-electron chi connectivity index (χ0n) is 10.9. The van der Waals surface area contributed by atoms with Crippen LogP contribution in [-0.2, 0) is 20.7 Å². The van der Waals surface area contributed by atoms with E-state index >= 15 is 0 Å². The Bertz CT molecular complexity index is 449. The summed E-state index contributed by atoms with van der Waals surface area (Å²) in [5.41, 5.74) is 7.51. The van der Waals surface area contributed by atoms with Crippen molar-refractivity contribution in [2.75, 3.05) is 13.7 Å². The van der Waals surface area contributed by atoms with Gasteiger partial charge in [0.2, 0.25) is 0 Å². The van der Waals surface area contributed by atoms with Crippen molar-refractivity contribution in [3.63, 3.8) is 0 Å². The number of carbonyl (C=O) groups is 1. The number of methoxy groups -OCH3 is 1. The molecule has 2 rings (SSSR count). The van der Waals surface area contributed by atoms with Crippen molar-refractivity contribution in [3.8, 4) is 0 Å². The van der Waals surface area contributed by atoms with E-state index in [2.05, 4.69) is 4.74 Å². The molecule has 0 saturated carbocycles. The summed E-state index contributed by atoms with van der Waals surface area (Å²) in [5, 5.41) is 10.1. The van der Waals surface area contributed by atoms with Crippen LogP contribution in [0.5, 0.6) is 0 Å². The third-order valence-electron chi connectivity index (χ3n) is 3.35. The van der Waals surface area contributed by atoms with Crippen LogP contribution < -0.4 is 5.73 Å². The third kappa shape index (κ3) is 3.32. The van der Waals surface area contributed by atoms with Gasteiger partial charge in [-0.3, -0.25) is 4.79 Å². The maximum atomic E-state index is 11.3. The molecule has 0 radical (unpaired) electrons. The molecule has 3 unspecified atom stereocenters. The molecule has 1 fully saturated rings. The SMILES string of the molecule is COC(=O)Cc1cccc(C2OCCC(N)C2O)c1. The Labute approximate surface area is 112 Å². The monoisotopic (exact) mass is 265 g/mol. The molecule has 1 saturated heterocycles. The summed E-state index contributed by atoms with van der Waals surface area (Å²) in [6, 6.07) is 7.12. The lowest BCUT2D eigenvalue weighted by molar-refractivity contribution is -0.139. The first-order chi connectivity index (χ1) is 9.11. The molecule has 1 aliphatic rings. The van der Waals surface area contributed by atoms with Crippen molar-refractivity contribution >= 4 is 5.97 Å². The molecule has 0 aliphatic carbocycles. The van der Waals surface area contributed by atoms with Gasteiger partial charge in [-0.05, 0) is 17.5 Å². The number of esters is 1. The molecule has 1 aromatic carbocycles. The Kier molecular flexibility index (Phi) is 4.52. The summed E-state index contributed by atoms with van der Waals surface area (Å²) in [4.78, 5) is 11.3. The fourth-order valence-corrected chi connectivity index (χ4v) is 2.24. The molecule has 3 N–H and O–H groups in total. The number of hydrogen-bond acceptors (Lipinski definition) is 5. The predicted molar refractivity (Wildman–Crippen MR) is 69.5 cm³/mol. The maximum absolute atomic E-state index is 11.3. The fraction of sp³-hybridized carbons (Fsp3) is 0.500. The Morgan fingerprint density at radius 1 is 1.58 bits per heavy atom. The van der Waals surface area contributed by atoms with Gasteiger partial charge >= 0.3 is 5.97 Å². The Morgan fingerprint density at radius 2 is 2.37 bits per heavy atom. The highest BCUT2D eigenvalue weighted by molar-refractivity contribution is 5.72. The molecule has 5 heteroatoms. The largest absolute Gasteiger partial charge is 0.469 e. The minimum absolute atomic E-state index is 0.208. The van der Waals surface area contributed by atoms with Crippen molar-refractivity contribution < 1.29 is 19.4 Å². The van der Waals surface area contributed by atoms with Gasteiger partial charge in [-0.15, -0.1) is 0 Å². The van der Waals surface area contributed by atoms with Crippen molar-refractivity contribution in [2.45, 2.75) is 31.1 Å². The van der Waals surface area contributed by atoms with Gasteiger partial charge in [0.15, 0.2) is 0 Å². The van der Waals surface area contributed by atoms with Crippen LogP contribution >= 0.6 is 0 Å². The highest BCUT2D eigenvalue weighted by atomic mass is 16.5. The quantitative estimate of drug-likeness (QED) is 0.780. The molecule has 0 aromatic heterocycles. The van der Waals surface area contributed by atoms with E-state index in [0.717, 1.165) is 11.1 Å². The van der Waals surface area contributed by atoms with Crippen LogP contribution in [0.15, 0.2) is 24.3 Å². The molecule has 104 valence electrons. The molecule has 0 bridgehead atoms. The number of ether oxygens (including phenoxy) is 2. The molecule has 1 aromatic rings. The van der Waals surface area contributed by atoms with E-state index in [0.29, 0.717) is 13.0 Å². The molecule has 1 aliphatic heterocycles. The van der Waals surface area contributed by atoms with Gasteiger partial charge in [0, 0.05) is 12.6 Å². The third-order valence-corrected chi connectivity index (χ3v) is 3.35. The number of nitrogens with two attached hydrogens (primary N) is 1. The minimum Gasteiger partial charge on any atom is -0.469 e. The van der Waals surface area contributed by atoms with E-state index in [-0.39, 0.29) is 18.4 Å². The van der Waals surface area contributed by atoms with Gasteiger partial charge in [0.25, 0.3) is 0 Å². The standard InChI is InChI=1S/C14H19NO4/c1-18-12(16)8-9-3-2-4-10(7-9)14-13(17)11(15)5-6-19-14/h2-4,7,11,13-14,17H,5-6,8,15H2,1H3. The molecule has 19 heavy (non-hydrogen) atoms. The fourth-order valence-electron chi connectivity index (χ4n) is 2.24. The Morgan fingerprint density at radius 3 is 3.11 bits per heavy atom. The van der Waals surface area contributed by atoms with Crippen LogP contribution in [-0.4, -0.2) is 36.9 Å². The second-order valence-corrected chi connectivity index (χ2v) is 4.73. The van der Waals surface area contributed by atoms with E-state index in [4.69, 9.17) is 10.5 Å². The van der Waals surface area contributed by atoms with Crippen LogP contribution in [0, 0.1) is 0 Å². The van der Waals surface area contributed by atoms with Gasteiger partial charge in [-0.25, -0.2) is 0 Å². The lowest BCUT2D eigenvalue weighted by Crippen LogP contribution is -2.44. The topological polar surface area (TPSA) is 81.8 Å². The normalized spacial score (nSPS) is 27.0. The molecule has 0 amide bonds. The molecular weight excluding hydrogens is 246 g/mol. The van der Waals surface area contributed by atoms with E-state index in [1.54, 1.807) is 0 Å². The number of aliphatic hydroxyl groups excluding tert-OH is 1. The average Bonchev–Trinajstić information content (AvgIpc) is 2.42. The van der Waals surface area contributed by atoms with Crippen molar-refractivity contribution in [1.29, 1.82) is 0 Å². The van der Waals surface area contributed by atoms with Crippen LogP contribution in [0.1, 0.15) is 23.7 Å². The van der Waals surface area contributed by atoms with Gasteiger partial charge in [0.05, 0.1) is 19.6 Å². The first kappa shape index (κ1) is 14.0. The smallest absolute Gasteiger partial charge is 0.309 e. The molecular formula is C14H19NO4. The molecule has 3 atom stereocenters. The van der Waals surface area contributed by atoms with Gasteiger partial charge in [0.1, 0.15) is 6.10 Å². The number of benzene rings is 1. The van der Waals surface area contributed by atoms with Crippen molar-refractivity contribution in [3.05, 3.63) is 35.4 Å². The molecule has 1 heterocycles. The zero-order valence-corrected chi connectivity index (χ0v) is 10.9. The highest BCUT2D eigenvalue weighted by Gasteiger charge is 2.31. The maximum Gasteiger partial charge on any atom is 0.309 e. The average molecular weight is 265 g/mol. The second kappa shape index (κ2) is 6.14. The lowest BCUT2D eigenvalue weighted by atomic mass is 9.93. The summed E-state index contributed by atoms with van der Waals surface area (Å²) >= 11 is 0. The summed E-state index contributed by atoms with van der Waals surface area (Å²) in [7, 11) is 1.36. The molecule has 5 nitrogen and oxygen atoms in total. The van der Waals surface area contributed by atoms with Gasteiger partial charge in [-0.2, -0.15) is 0 Å². The van der Waals surface area contributed by atoms with E-state index in [1.165, 1.54) is 7.11 Å². The van der Waals surface area contributed by atoms with Crippen molar-refractivity contribution in [2.24, 2.45) is 5.73 Å². The van der Waals surface area contributed by atoms with Crippen LogP contribution in [0.4, 0.5) is 0 Å². The number of aliphatic hydroxyl groups is 1. The van der Waals surface area contributed by atoms with Gasteiger partial charge in [-0.1, -0.05) is 24.3 Å². The van der Waals surface area contributed by atoms with Crippen molar-refractivity contribution in [1.82, 2.24) is 0 Å². The highest BCUT2D eigenvalue weighted by Crippen LogP contribution is 2.28. The van der Waals surface area contributed by atoms with E-state index < -0.39 is 12.2 Å². The Hall–Kier alpha value is -1.43. The van der Waals surface area contributed by atoms with Crippen LogP contribution in [0.3, 0.4) is 0 Å².